The van der Waals surface area contributed by atoms with E-state index in [1.807, 2.05) is 0 Å². The molecule has 0 heterocycles. The van der Waals surface area contributed by atoms with Crippen molar-refractivity contribution in [1.82, 2.24) is 0 Å². The van der Waals surface area contributed by atoms with Gasteiger partial charge in [-0.15, -0.1) is 13.2 Å². The molecule has 37 heavy (non-hydrogen) atoms. The molecule has 0 aliphatic heterocycles. The molecule has 0 aliphatic carbocycles. The predicted molar refractivity (Wildman–Crippen MR) is 171 cm³/mol. The number of rotatable bonds is 5. The summed E-state index contributed by atoms with van der Waals surface area (Å²) < 4.78 is 0. The van der Waals surface area contributed by atoms with E-state index in [9.17, 15) is 0 Å². The van der Waals surface area contributed by atoms with Gasteiger partial charge in [0.05, 0.1) is 0 Å². The standard InChI is InChI=1S/C35H39P2/c1-25(37(34(2,3)4)35(5,6)7)28-21-14-24-31(28)36(32-22-12-17-26-15-8-10-19-29(26)32)33-23-13-18-27-16-9-11-20-30(27)33/h8-25H,1-7H3/q-1. The van der Waals surface area contributed by atoms with Gasteiger partial charge in [-0.25, -0.2) is 6.07 Å². The van der Waals surface area contributed by atoms with E-state index in [1.165, 1.54) is 37.5 Å². The molecule has 0 bridgehead atoms. The van der Waals surface area contributed by atoms with Crippen LogP contribution in [0.4, 0.5) is 0 Å². The van der Waals surface area contributed by atoms with Gasteiger partial charge in [0.2, 0.25) is 0 Å². The topological polar surface area (TPSA) is 0 Å². The molecular weight excluding hydrogens is 482 g/mol. The fraction of sp³-hybridized carbons (Fsp3) is 0.286. The Hall–Kier alpha value is -2.39. The van der Waals surface area contributed by atoms with E-state index in [-0.39, 0.29) is 18.2 Å². The summed E-state index contributed by atoms with van der Waals surface area (Å²) in [7, 11) is -1.04. The van der Waals surface area contributed by atoms with Crippen LogP contribution in [0.25, 0.3) is 21.5 Å². The summed E-state index contributed by atoms with van der Waals surface area (Å²) in [5, 5.41) is 10.4. The second kappa shape index (κ2) is 10.1. The summed E-state index contributed by atoms with van der Waals surface area (Å²) in [5.74, 6) is 0. The molecule has 0 amide bonds. The normalized spacial score (nSPS) is 13.6. The number of benzene rings is 4. The monoisotopic (exact) mass is 521 g/mol. The van der Waals surface area contributed by atoms with Crippen LogP contribution in [0.15, 0.2) is 103 Å². The van der Waals surface area contributed by atoms with Gasteiger partial charge in [-0.1, -0.05) is 139 Å². The van der Waals surface area contributed by atoms with Gasteiger partial charge >= 0.3 is 0 Å². The van der Waals surface area contributed by atoms with Crippen molar-refractivity contribution < 1.29 is 0 Å². The minimum atomic E-state index is -0.748. The lowest BCUT2D eigenvalue weighted by molar-refractivity contribution is 0.690. The smallest absolute Gasteiger partial charge is 0.00923 e. The first-order chi connectivity index (χ1) is 17.6. The maximum Gasteiger partial charge on any atom is -0.00923 e. The van der Waals surface area contributed by atoms with Gasteiger partial charge in [0.25, 0.3) is 0 Å². The lowest BCUT2D eigenvalue weighted by atomic mass is 10.1. The average Bonchev–Trinajstić information content (AvgIpc) is 3.32. The molecule has 0 aliphatic rings. The molecule has 0 aromatic heterocycles. The summed E-state index contributed by atoms with van der Waals surface area (Å²) in [6.07, 6.45) is 0. The summed E-state index contributed by atoms with van der Waals surface area (Å²) in [6, 6.07) is 38.8. The third-order valence-corrected chi connectivity index (χ3v) is 13.9. The van der Waals surface area contributed by atoms with E-state index in [2.05, 4.69) is 152 Å². The van der Waals surface area contributed by atoms with Crippen molar-refractivity contribution in [3.8, 4) is 0 Å². The second-order valence-electron chi connectivity index (χ2n) is 12.1. The molecule has 0 saturated heterocycles. The molecule has 0 radical (unpaired) electrons. The third-order valence-electron chi connectivity index (χ3n) is 7.36. The van der Waals surface area contributed by atoms with Crippen molar-refractivity contribution >= 4 is 53.3 Å². The lowest BCUT2D eigenvalue weighted by Gasteiger charge is -2.48. The molecule has 0 saturated carbocycles. The molecule has 5 aromatic carbocycles. The molecule has 1 unspecified atom stereocenters. The number of hydrogen-bond acceptors (Lipinski definition) is 0. The predicted octanol–water partition coefficient (Wildman–Crippen LogP) is 9.61. The summed E-state index contributed by atoms with van der Waals surface area (Å²) in [4.78, 5) is 0. The van der Waals surface area contributed by atoms with Crippen LogP contribution >= 0.6 is 15.8 Å². The Morgan fingerprint density at radius 1 is 0.595 bits per heavy atom. The first kappa shape index (κ1) is 26.2. The van der Waals surface area contributed by atoms with Crippen LogP contribution in [0.2, 0.25) is 0 Å². The minimum absolute atomic E-state index is 0.267. The highest BCUT2D eigenvalue weighted by atomic mass is 31.1. The van der Waals surface area contributed by atoms with Gasteiger partial charge in [-0.05, 0) is 50.4 Å². The molecule has 0 spiro atoms. The highest BCUT2D eigenvalue weighted by molar-refractivity contribution is 7.80. The molecule has 5 rings (SSSR count). The minimum Gasteiger partial charge on any atom is -0.209 e. The number of hydrogen-bond donors (Lipinski definition) is 0. The summed E-state index contributed by atoms with van der Waals surface area (Å²) in [5.41, 5.74) is 2.05. The van der Waals surface area contributed by atoms with Crippen LogP contribution in [0.5, 0.6) is 0 Å². The van der Waals surface area contributed by atoms with Crippen molar-refractivity contribution in [2.24, 2.45) is 0 Å². The van der Waals surface area contributed by atoms with E-state index in [1.54, 1.807) is 5.56 Å². The quantitative estimate of drug-likeness (QED) is 0.160. The van der Waals surface area contributed by atoms with Crippen LogP contribution in [-0.2, 0) is 0 Å². The Kier molecular flexibility index (Phi) is 7.13. The Labute approximate surface area is 226 Å². The SMILES string of the molecule is CC(c1cc[cH-]c1P(c1cccc2ccccc12)c1cccc2ccccc12)P(C(C)(C)C)C(C)(C)C. The first-order valence-electron chi connectivity index (χ1n) is 13.4. The molecule has 1 atom stereocenters. The first-order valence-corrected chi connectivity index (χ1v) is 16.1. The highest BCUT2D eigenvalue weighted by Gasteiger charge is 2.37. The molecule has 5 aromatic rings. The Balaban J connectivity index is 1.79. The number of fused-ring (bicyclic) bond motifs is 2. The van der Waals surface area contributed by atoms with E-state index < -0.39 is 7.92 Å². The van der Waals surface area contributed by atoms with Crippen LogP contribution in [-0.4, -0.2) is 10.3 Å². The van der Waals surface area contributed by atoms with Crippen molar-refractivity contribution in [3.63, 3.8) is 0 Å². The van der Waals surface area contributed by atoms with Gasteiger partial charge in [-0.2, -0.15) is 17.7 Å². The zero-order valence-electron chi connectivity index (χ0n) is 23.3. The molecule has 0 fully saturated rings. The summed E-state index contributed by atoms with van der Waals surface area (Å²) >= 11 is 0. The fourth-order valence-corrected chi connectivity index (χ4v) is 14.3. The van der Waals surface area contributed by atoms with Gasteiger partial charge in [-0.3, -0.25) is 0 Å². The van der Waals surface area contributed by atoms with Gasteiger partial charge < -0.3 is 0 Å². The maximum absolute atomic E-state index is 2.50. The Morgan fingerprint density at radius 3 is 1.54 bits per heavy atom. The molecule has 0 N–H and O–H groups in total. The van der Waals surface area contributed by atoms with Crippen LogP contribution in [0, 0.1) is 0 Å². The Morgan fingerprint density at radius 2 is 1.05 bits per heavy atom. The van der Waals surface area contributed by atoms with Gasteiger partial charge in [0.1, 0.15) is 0 Å². The van der Waals surface area contributed by atoms with Crippen molar-refractivity contribution in [1.29, 1.82) is 0 Å². The molecule has 190 valence electrons. The maximum atomic E-state index is 2.50. The van der Waals surface area contributed by atoms with Crippen LogP contribution in [0.3, 0.4) is 0 Å². The highest BCUT2D eigenvalue weighted by Crippen LogP contribution is 2.68. The fourth-order valence-electron chi connectivity index (χ4n) is 6.48. The zero-order chi connectivity index (χ0) is 26.4. The second-order valence-corrected chi connectivity index (χ2v) is 18.4. The van der Waals surface area contributed by atoms with Crippen LogP contribution < -0.4 is 15.9 Å². The molecular formula is C35H39P2-. The average molecular weight is 522 g/mol. The van der Waals surface area contributed by atoms with E-state index in [4.69, 9.17) is 0 Å². The van der Waals surface area contributed by atoms with E-state index in [0.29, 0.717) is 5.66 Å². The van der Waals surface area contributed by atoms with E-state index in [0.717, 1.165) is 0 Å². The molecule has 2 heteroatoms. The molecule has 0 nitrogen and oxygen atoms in total. The third kappa shape index (κ3) is 5.04. The largest absolute Gasteiger partial charge is 0.209 e. The zero-order valence-corrected chi connectivity index (χ0v) is 25.1. The Bertz CT molecular complexity index is 1420. The summed E-state index contributed by atoms with van der Waals surface area (Å²) in [6.45, 7) is 17.2. The van der Waals surface area contributed by atoms with Crippen molar-refractivity contribution in [3.05, 3.63) is 109 Å². The van der Waals surface area contributed by atoms with E-state index >= 15 is 0 Å². The van der Waals surface area contributed by atoms with Crippen LogP contribution in [0.1, 0.15) is 59.7 Å². The lowest BCUT2D eigenvalue weighted by Crippen LogP contribution is -2.29. The van der Waals surface area contributed by atoms with Gasteiger partial charge in [0.15, 0.2) is 0 Å². The van der Waals surface area contributed by atoms with Crippen molar-refractivity contribution in [2.45, 2.75) is 64.4 Å². The van der Waals surface area contributed by atoms with Crippen molar-refractivity contribution in [2.75, 3.05) is 0 Å². The van der Waals surface area contributed by atoms with Gasteiger partial charge in [0, 0.05) is 0 Å².